The van der Waals surface area contributed by atoms with E-state index in [0.717, 1.165) is 6.26 Å². The van der Waals surface area contributed by atoms with E-state index in [9.17, 15) is 8.42 Å². The highest BCUT2D eigenvalue weighted by Gasteiger charge is 2.14. The average molecular weight is 253 g/mol. The molecule has 0 radical (unpaired) electrons. The standard InChI is InChI=1S/C9H11N5O2S/c1-14-5-6(4-11-14)7-3-8(10)13-9(12-7)17(2,15)16/h3-5H,1-2H3,(H2,10,12,13). The first-order valence-corrected chi connectivity index (χ1v) is 6.59. The Kier molecular flexibility index (Phi) is 2.58. The second-order valence-corrected chi connectivity index (χ2v) is 5.54. The van der Waals surface area contributed by atoms with Gasteiger partial charge in [-0.1, -0.05) is 0 Å². The van der Waals surface area contributed by atoms with E-state index in [1.807, 2.05) is 0 Å². The molecule has 8 heteroatoms. The molecule has 0 saturated carbocycles. The largest absolute Gasteiger partial charge is 0.384 e. The van der Waals surface area contributed by atoms with Crippen LogP contribution in [0.3, 0.4) is 0 Å². The quantitative estimate of drug-likeness (QED) is 0.747. The van der Waals surface area contributed by atoms with E-state index in [1.165, 1.54) is 6.07 Å². The molecule has 0 aliphatic heterocycles. The number of sulfone groups is 1. The number of rotatable bonds is 2. The van der Waals surface area contributed by atoms with Crippen molar-refractivity contribution < 1.29 is 8.42 Å². The van der Waals surface area contributed by atoms with E-state index < -0.39 is 9.84 Å². The van der Waals surface area contributed by atoms with Gasteiger partial charge in [0, 0.05) is 31.1 Å². The molecule has 2 rings (SSSR count). The lowest BCUT2D eigenvalue weighted by Gasteiger charge is -2.02. The van der Waals surface area contributed by atoms with Gasteiger partial charge in [-0.3, -0.25) is 4.68 Å². The molecule has 0 spiro atoms. The van der Waals surface area contributed by atoms with Crippen molar-refractivity contribution in [3.05, 3.63) is 18.5 Å². The summed E-state index contributed by atoms with van der Waals surface area (Å²) in [6.45, 7) is 0. The molecule has 0 amide bonds. The lowest BCUT2D eigenvalue weighted by atomic mass is 10.2. The normalized spacial score (nSPS) is 11.6. The van der Waals surface area contributed by atoms with Gasteiger partial charge in [-0.15, -0.1) is 0 Å². The lowest BCUT2D eigenvalue weighted by molar-refractivity contribution is 0.593. The molecule has 17 heavy (non-hydrogen) atoms. The summed E-state index contributed by atoms with van der Waals surface area (Å²) in [5, 5.41) is 3.70. The zero-order chi connectivity index (χ0) is 12.6. The van der Waals surface area contributed by atoms with Crippen LogP contribution in [-0.2, 0) is 16.9 Å². The fourth-order valence-electron chi connectivity index (χ4n) is 1.31. The van der Waals surface area contributed by atoms with Crippen molar-refractivity contribution in [1.29, 1.82) is 0 Å². The number of anilines is 1. The molecule has 2 N–H and O–H groups in total. The van der Waals surface area contributed by atoms with Gasteiger partial charge < -0.3 is 5.73 Å². The highest BCUT2D eigenvalue weighted by atomic mass is 32.2. The van der Waals surface area contributed by atoms with E-state index in [1.54, 1.807) is 24.1 Å². The molecule has 2 heterocycles. The van der Waals surface area contributed by atoms with Crippen LogP contribution in [0.5, 0.6) is 0 Å². The van der Waals surface area contributed by atoms with Crippen molar-refractivity contribution in [2.24, 2.45) is 7.05 Å². The predicted molar refractivity (Wildman–Crippen MR) is 61.8 cm³/mol. The Labute approximate surface area is 98.2 Å². The Balaban J connectivity index is 2.60. The van der Waals surface area contributed by atoms with Gasteiger partial charge in [0.15, 0.2) is 0 Å². The first kappa shape index (κ1) is 11.5. The second-order valence-electron chi connectivity index (χ2n) is 3.64. The van der Waals surface area contributed by atoms with Crippen molar-refractivity contribution >= 4 is 15.7 Å². The maximum atomic E-state index is 11.4. The van der Waals surface area contributed by atoms with E-state index in [0.29, 0.717) is 11.3 Å². The van der Waals surface area contributed by atoms with Gasteiger partial charge in [0.25, 0.3) is 0 Å². The zero-order valence-corrected chi connectivity index (χ0v) is 10.1. The fraction of sp³-hybridized carbons (Fsp3) is 0.222. The Hall–Kier alpha value is -1.96. The summed E-state index contributed by atoms with van der Waals surface area (Å²) in [6, 6.07) is 1.51. The summed E-state index contributed by atoms with van der Waals surface area (Å²) in [6.07, 6.45) is 4.33. The van der Waals surface area contributed by atoms with Gasteiger partial charge in [-0.2, -0.15) is 5.10 Å². The third-order valence-electron chi connectivity index (χ3n) is 2.06. The molecule has 2 aromatic rings. The smallest absolute Gasteiger partial charge is 0.249 e. The first-order valence-electron chi connectivity index (χ1n) is 4.70. The van der Waals surface area contributed by atoms with Gasteiger partial charge >= 0.3 is 0 Å². The van der Waals surface area contributed by atoms with Gasteiger partial charge in [-0.05, 0) is 0 Å². The van der Waals surface area contributed by atoms with Crippen molar-refractivity contribution in [3.8, 4) is 11.3 Å². The molecule has 7 nitrogen and oxygen atoms in total. The molecule has 0 unspecified atom stereocenters. The van der Waals surface area contributed by atoms with Crippen LogP contribution in [0, 0.1) is 0 Å². The number of nitrogens with two attached hydrogens (primary N) is 1. The number of nitrogens with zero attached hydrogens (tertiary/aromatic N) is 4. The molecule has 0 saturated heterocycles. The molecule has 0 aliphatic carbocycles. The van der Waals surface area contributed by atoms with Crippen LogP contribution in [0.1, 0.15) is 0 Å². The number of nitrogen functional groups attached to an aromatic ring is 1. The molecule has 0 aliphatic rings. The number of aromatic nitrogens is 4. The molecule has 90 valence electrons. The van der Waals surface area contributed by atoms with Crippen LogP contribution in [-0.4, -0.2) is 34.4 Å². The summed E-state index contributed by atoms with van der Waals surface area (Å²) in [7, 11) is -1.72. The minimum absolute atomic E-state index is 0.110. The molecular weight excluding hydrogens is 242 g/mol. The van der Waals surface area contributed by atoms with Crippen LogP contribution in [0.25, 0.3) is 11.3 Å². The molecule has 0 aromatic carbocycles. The maximum Gasteiger partial charge on any atom is 0.249 e. The Bertz CT molecular complexity index is 662. The Morgan fingerprint density at radius 1 is 1.35 bits per heavy atom. The van der Waals surface area contributed by atoms with Crippen LogP contribution in [0.15, 0.2) is 23.6 Å². The summed E-state index contributed by atoms with van der Waals surface area (Å²) in [5.74, 6) is 0.110. The Morgan fingerprint density at radius 3 is 2.59 bits per heavy atom. The zero-order valence-electron chi connectivity index (χ0n) is 9.32. The van der Waals surface area contributed by atoms with Crippen LogP contribution in [0.4, 0.5) is 5.82 Å². The van der Waals surface area contributed by atoms with Crippen LogP contribution >= 0.6 is 0 Å². The predicted octanol–water partition coefficient (Wildman–Crippen LogP) is -0.137. The van der Waals surface area contributed by atoms with Crippen LogP contribution < -0.4 is 5.73 Å². The third kappa shape index (κ3) is 2.41. The SMILES string of the molecule is Cn1cc(-c2cc(N)nc(S(C)(=O)=O)n2)cn1. The monoisotopic (exact) mass is 253 g/mol. The van der Waals surface area contributed by atoms with Gasteiger partial charge in [0.1, 0.15) is 5.82 Å². The average Bonchev–Trinajstić information content (AvgIpc) is 2.62. The molecule has 2 aromatic heterocycles. The van der Waals surface area contributed by atoms with Crippen molar-refractivity contribution in [3.63, 3.8) is 0 Å². The number of aryl methyl sites for hydroxylation is 1. The topological polar surface area (TPSA) is 104 Å². The third-order valence-corrected chi connectivity index (χ3v) is 2.90. The molecule has 0 fully saturated rings. The van der Waals surface area contributed by atoms with Gasteiger partial charge in [0.2, 0.25) is 15.0 Å². The van der Waals surface area contributed by atoms with Crippen molar-refractivity contribution in [1.82, 2.24) is 19.7 Å². The van der Waals surface area contributed by atoms with Gasteiger partial charge in [0.05, 0.1) is 11.9 Å². The summed E-state index contributed by atoms with van der Waals surface area (Å²) >= 11 is 0. The van der Waals surface area contributed by atoms with Gasteiger partial charge in [-0.25, -0.2) is 18.4 Å². The highest BCUT2D eigenvalue weighted by Crippen LogP contribution is 2.19. The first-order chi connectivity index (χ1) is 7.86. The highest BCUT2D eigenvalue weighted by molar-refractivity contribution is 7.90. The Morgan fingerprint density at radius 2 is 2.06 bits per heavy atom. The maximum absolute atomic E-state index is 11.4. The molecule has 0 atom stereocenters. The van der Waals surface area contributed by atoms with E-state index in [2.05, 4.69) is 15.1 Å². The van der Waals surface area contributed by atoms with Crippen molar-refractivity contribution in [2.75, 3.05) is 12.0 Å². The molecule has 0 bridgehead atoms. The van der Waals surface area contributed by atoms with E-state index in [-0.39, 0.29) is 11.0 Å². The van der Waals surface area contributed by atoms with Crippen molar-refractivity contribution in [2.45, 2.75) is 5.16 Å². The summed E-state index contributed by atoms with van der Waals surface area (Å²) in [5.41, 5.74) is 6.68. The fourth-order valence-corrected chi connectivity index (χ4v) is 1.85. The minimum Gasteiger partial charge on any atom is -0.384 e. The summed E-state index contributed by atoms with van der Waals surface area (Å²) < 4.78 is 24.3. The lowest BCUT2D eigenvalue weighted by Crippen LogP contribution is -2.07. The number of hydrogen-bond acceptors (Lipinski definition) is 6. The molecular formula is C9H11N5O2S. The van der Waals surface area contributed by atoms with Crippen LogP contribution in [0.2, 0.25) is 0 Å². The number of hydrogen-bond donors (Lipinski definition) is 1. The van der Waals surface area contributed by atoms with E-state index in [4.69, 9.17) is 5.73 Å². The van der Waals surface area contributed by atoms with E-state index >= 15 is 0 Å². The minimum atomic E-state index is -3.48. The second kappa shape index (κ2) is 3.81. The summed E-state index contributed by atoms with van der Waals surface area (Å²) in [4.78, 5) is 7.64.